The Kier molecular flexibility index (Phi) is 8.34. The number of ether oxygens (including phenoxy) is 1. The molecule has 180 valence electrons. The maximum Gasteiger partial charge on any atom is 0.256 e. The number of rotatable bonds is 9. The second-order valence-corrected chi connectivity index (χ2v) is 8.94. The Balaban J connectivity index is 1.72. The van der Waals surface area contributed by atoms with E-state index >= 15 is 0 Å². The Morgan fingerprint density at radius 2 is 1.71 bits per heavy atom. The van der Waals surface area contributed by atoms with Crippen LogP contribution in [0.15, 0.2) is 72.9 Å². The van der Waals surface area contributed by atoms with E-state index in [1.807, 2.05) is 54.6 Å². The first-order chi connectivity index (χ1) is 17.0. The lowest BCUT2D eigenvalue weighted by Gasteiger charge is -2.23. The molecule has 3 aromatic carbocycles. The molecule has 4 aromatic rings. The van der Waals surface area contributed by atoms with Crippen LogP contribution in [0, 0.1) is 0 Å². The van der Waals surface area contributed by atoms with E-state index in [0.29, 0.717) is 46.9 Å². The summed E-state index contributed by atoms with van der Waals surface area (Å²) >= 11 is 18.5. The maximum absolute atomic E-state index is 13.3. The van der Waals surface area contributed by atoms with Gasteiger partial charge in [-0.2, -0.15) is 0 Å². The van der Waals surface area contributed by atoms with E-state index in [-0.39, 0.29) is 5.91 Å². The summed E-state index contributed by atoms with van der Waals surface area (Å²) in [6.07, 6.45) is 1.62. The standard InChI is InChI=1S/C27H24Cl3N3O2/c1-35-20-16-23(18-6-8-19(9-7-18)33(14-11-28)15-12-29)26(24(30)17-20)32-27(34)22-10-13-31-25-5-3-2-4-21(22)25/h2-10,13,16-17H,11-12,14-15H2,1H3,(H,32,34). The molecule has 0 bridgehead atoms. The van der Waals surface area contributed by atoms with Crippen LogP contribution in [-0.2, 0) is 0 Å². The van der Waals surface area contributed by atoms with Gasteiger partial charge in [0, 0.05) is 53.7 Å². The van der Waals surface area contributed by atoms with Crippen LogP contribution in [0.2, 0.25) is 5.02 Å². The van der Waals surface area contributed by atoms with Gasteiger partial charge in [-0.15, -0.1) is 23.2 Å². The molecule has 0 fully saturated rings. The van der Waals surface area contributed by atoms with Crippen molar-refractivity contribution in [3.05, 3.63) is 83.5 Å². The summed E-state index contributed by atoms with van der Waals surface area (Å²) in [4.78, 5) is 19.8. The average Bonchev–Trinajstić information content (AvgIpc) is 2.89. The number of para-hydroxylation sites is 1. The molecule has 0 atom stereocenters. The SMILES string of the molecule is COc1cc(Cl)c(NC(=O)c2ccnc3ccccc23)c(-c2ccc(N(CCCl)CCCl)cc2)c1. The molecule has 0 saturated carbocycles. The van der Waals surface area contributed by atoms with E-state index < -0.39 is 0 Å². The minimum Gasteiger partial charge on any atom is -0.497 e. The number of anilines is 2. The molecule has 4 rings (SSSR count). The monoisotopic (exact) mass is 527 g/mol. The van der Waals surface area contributed by atoms with Crippen molar-refractivity contribution in [3.63, 3.8) is 0 Å². The molecule has 0 unspecified atom stereocenters. The van der Waals surface area contributed by atoms with Crippen molar-refractivity contribution < 1.29 is 9.53 Å². The van der Waals surface area contributed by atoms with Gasteiger partial charge in [-0.25, -0.2) is 0 Å². The number of alkyl halides is 2. The number of fused-ring (bicyclic) bond motifs is 1. The fourth-order valence-electron chi connectivity index (χ4n) is 3.95. The van der Waals surface area contributed by atoms with Crippen LogP contribution in [-0.4, -0.2) is 42.9 Å². The number of pyridine rings is 1. The molecule has 0 aliphatic carbocycles. The van der Waals surface area contributed by atoms with E-state index in [1.165, 1.54) is 0 Å². The Morgan fingerprint density at radius 1 is 1.00 bits per heavy atom. The fraction of sp³-hybridized carbons (Fsp3) is 0.185. The first-order valence-electron chi connectivity index (χ1n) is 11.1. The molecule has 1 N–H and O–H groups in total. The molecule has 35 heavy (non-hydrogen) atoms. The second kappa shape index (κ2) is 11.6. The Labute approximate surface area is 219 Å². The van der Waals surface area contributed by atoms with Gasteiger partial charge in [-0.1, -0.05) is 41.9 Å². The van der Waals surface area contributed by atoms with E-state index in [9.17, 15) is 4.79 Å². The van der Waals surface area contributed by atoms with E-state index in [0.717, 1.165) is 27.7 Å². The van der Waals surface area contributed by atoms with E-state index in [4.69, 9.17) is 39.5 Å². The van der Waals surface area contributed by atoms with Crippen molar-refractivity contribution >= 4 is 63.0 Å². The van der Waals surface area contributed by atoms with Crippen molar-refractivity contribution in [1.29, 1.82) is 0 Å². The number of carbonyl (C=O) groups is 1. The third kappa shape index (κ3) is 5.64. The Bertz CT molecular complexity index is 1320. The summed E-state index contributed by atoms with van der Waals surface area (Å²) in [6, 6.07) is 20.7. The lowest BCUT2D eigenvalue weighted by molar-refractivity contribution is 0.102. The lowest BCUT2D eigenvalue weighted by atomic mass is 10.0. The van der Waals surface area contributed by atoms with Crippen molar-refractivity contribution in [3.8, 4) is 16.9 Å². The smallest absolute Gasteiger partial charge is 0.256 e. The maximum atomic E-state index is 13.3. The van der Waals surface area contributed by atoms with Gasteiger partial charge in [0.25, 0.3) is 5.91 Å². The lowest BCUT2D eigenvalue weighted by Crippen LogP contribution is -2.27. The zero-order valence-electron chi connectivity index (χ0n) is 19.1. The van der Waals surface area contributed by atoms with Crippen molar-refractivity contribution in [1.82, 2.24) is 4.98 Å². The highest BCUT2D eigenvalue weighted by molar-refractivity contribution is 6.35. The highest BCUT2D eigenvalue weighted by Crippen LogP contribution is 2.39. The largest absolute Gasteiger partial charge is 0.497 e. The van der Waals surface area contributed by atoms with Crippen LogP contribution in [0.1, 0.15) is 10.4 Å². The zero-order chi connectivity index (χ0) is 24.8. The number of nitrogens with zero attached hydrogens (tertiary/aromatic N) is 2. The summed E-state index contributed by atoms with van der Waals surface area (Å²) < 4.78 is 5.44. The van der Waals surface area contributed by atoms with Crippen LogP contribution in [0.4, 0.5) is 11.4 Å². The first-order valence-corrected chi connectivity index (χ1v) is 12.5. The fourth-order valence-corrected chi connectivity index (χ4v) is 4.62. The molecular weight excluding hydrogens is 505 g/mol. The number of carbonyl (C=O) groups excluding carboxylic acids is 1. The minimum absolute atomic E-state index is 0.274. The molecule has 8 heteroatoms. The summed E-state index contributed by atoms with van der Waals surface area (Å²) in [5, 5.41) is 4.16. The van der Waals surface area contributed by atoms with Crippen LogP contribution in [0.3, 0.4) is 0 Å². The molecular formula is C27H24Cl3N3O2. The predicted octanol–water partition coefficient (Wildman–Crippen LogP) is 7.10. The number of aromatic nitrogens is 1. The summed E-state index contributed by atoms with van der Waals surface area (Å²) in [5.41, 5.74) is 4.40. The average molecular weight is 529 g/mol. The number of hydrogen-bond acceptors (Lipinski definition) is 4. The van der Waals surface area contributed by atoms with Crippen LogP contribution in [0.5, 0.6) is 5.75 Å². The highest BCUT2D eigenvalue weighted by Gasteiger charge is 2.18. The van der Waals surface area contributed by atoms with E-state index in [2.05, 4.69) is 15.2 Å². The third-order valence-electron chi connectivity index (χ3n) is 5.68. The molecule has 5 nitrogen and oxygen atoms in total. The number of methoxy groups -OCH3 is 1. The topological polar surface area (TPSA) is 54.5 Å². The quantitative estimate of drug-likeness (QED) is 0.235. The van der Waals surface area contributed by atoms with Crippen LogP contribution < -0.4 is 15.0 Å². The van der Waals surface area contributed by atoms with Crippen molar-refractivity contribution in [2.45, 2.75) is 0 Å². The molecule has 0 spiro atoms. The minimum atomic E-state index is -0.274. The van der Waals surface area contributed by atoms with Crippen LogP contribution >= 0.6 is 34.8 Å². The van der Waals surface area contributed by atoms with Gasteiger partial charge in [0.2, 0.25) is 0 Å². The van der Waals surface area contributed by atoms with Crippen molar-refractivity contribution in [2.75, 3.05) is 42.2 Å². The summed E-state index contributed by atoms with van der Waals surface area (Å²) in [7, 11) is 1.58. The number of amides is 1. The molecule has 0 radical (unpaired) electrons. The highest BCUT2D eigenvalue weighted by atomic mass is 35.5. The van der Waals surface area contributed by atoms with Gasteiger partial charge >= 0.3 is 0 Å². The number of nitrogens with one attached hydrogen (secondary N) is 1. The summed E-state index contributed by atoms with van der Waals surface area (Å²) in [6.45, 7) is 1.39. The van der Waals surface area contributed by atoms with Crippen LogP contribution in [0.25, 0.3) is 22.0 Å². The number of hydrogen-bond donors (Lipinski definition) is 1. The second-order valence-electron chi connectivity index (χ2n) is 7.77. The van der Waals surface area contributed by atoms with Gasteiger partial charge in [0.05, 0.1) is 28.9 Å². The van der Waals surface area contributed by atoms with Gasteiger partial charge in [-0.05, 0) is 35.9 Å². The van der Waals surface area contributed by atoms with Gasteiger partial charge in [0.1, 0.15) is 5.75 Å². The number of benzene rings is 3. The molecule has 1 amide bonds. The molecule has 0 aliphatic heterocycles. The van der Waals surface area contributed by atoms with Gasteiger partial charge in [0.15, 0.2) is 0 Å². The zero-order valence-corrected chi connectivity index (χ0v) is 21.4. The Hall–Kier alpha value is -2.99. The molecule has 1 aromatic heterocycles. The van der Waals surface area contributed by atoms with Gasteiger partial charge in [-0.3, -0.25) is 9.78 Å². The molecule has 1 heterocycles. The number of halogens is 3. The van der Waals surface area contributed by atoms with E-state index in [1.54, 1.807) is 25.4 Å². The molecule has 0 saturated heterocycles. The summed E-state index contributed by atoms with van der Waals surface area (Å²) in [5.74, 6) is 1.32. The Morgan fingerprint density at radius 3 is 2.40 bits per heavy atom. The van der Waals surface area contributed by atoms with Crippen molar-refractivity contribution in [2.24, 2.45) is 0 Å². The predicted molar refractivity (Wildman–Crippen MR) is 147 cm³/mol. The normalized spacial score (nSPS) is 10.9. The third-order valence-corrected chi connectivity index (χ3v) is 6.32. The first kappa shape index (κ1) is 25.1. The van der Waals surface area contributed by atoms with Gasteiger partial charge < -0.3 is 15.0 Å². The molecule has 0 aliphatic rings.